The molecule has 88 valence electrons. The van der Waals surface area contributed by atoms with Crippen molar-refractivity contribution in [3.63, 3.8) is 0 Å². The van der Waals surface area contributed by atoms with Crippen LogP contribution in [-0.2, 0) is 6.42 Å². The van der Waals surface area contributed by atoms with E-state index in [1.807, 2.05) is 12.1 Å². The van der Waals surface area contributed by atoms with Gasteiger partial charge >= 0.3 is 0 Å². The zero-order valence-corrected chi connectivity index (χ0v) is 9.95. The molecule has 0 amide bonds. The molecule has 3 N–H and O–H groups in total. The summed E-state index contributed by atoms with van der Waals surface area (Å²) in [6.45, 7) is 2.10. The third-order valence-corrected chi connectivity index (χ3v) is 3.74. The Morgan fingerprint density at radius 3 is 2.56 bits per heavy atom. The van der Waals surface area contributed by atoms with E-state index in [0.717, 1.165) is 32.1 Å². The van der Waals surface area contributed by atoms with Gasteiger partial charge in [-0.15, -0.1) is 0 Å². The highest BCUT2D eigenvalue weighted by Gasteiger charge is 2.32. The summed E-state index contributed by atoms with van der Waals surface area (Å²) in [7, 11) is 0. The lowest BCUT2D eigenvalue weighted by atomic mass is 9.78. The van der Waals surface area contributed by atoms with Crippen LogP contribution in [0, 0.1) is 6.92 Å². The van der Waals surface area contributed by atoms with E-state index < -0.39 is 5.60 Å². The van der Waals surface area contributed by atoms with Gasteiger partial charge in [0.2, 0.25) is 0 Å². The number of nitrogens with two attached hydrogens (primary N) is 1. The summed E-state index contributed by atoms with van der Waals surface area (Å²) in [5, 5.41) is 10.5. The van der Waals surface area contributed by atoms with Crippen LogP contribution in [0.2, 0.25) is 0 Å². The minimum Gasteiger partial charge on any atom is -0.390 e. The van der Waals surface area contributed by atoms with Crippen molar-refractivity contribution in [1.29, 1.82) is 0 Å². The Bertz CT molecular complexity index is 354. The molecular weight excluding hydrogens is 198 g/mol. The third kappa shape index (κ3) is 2.63. The summed E-state index contributed by atoms with van der Waals surface area (Å²) in [4.78, 5) is 0. The lowest BCUT2D eigenvalue weighted by Crippen LogP contribution is -2.40. The van der Waals surface area contributed by atoms with Crippen LogP contribution in [0.3, 0.4) is 0 Å². The van der Waals surface area contributed by atoms with Gasteiger partial charge < -0.3 is 10.8 Å². The summed E-state index contributed by atoms with van der Waals surface area (Å²) in [6.07, 6.45) is 4.34. The van der Waals surface area contributed by atoms with E-state index in [1.54, 1.807) is 0 Å². The highest BCUT2D eigenvalue weighted by molar-refractivity contribution is 5.27. The van der Waals surface area contributed by atoms with Crippen molar-refractivity contribution in [3.8, 4) is 0 Å². The zero-order chi connectivity index (χ0) is 11.6. The van der Waals surface area contributed by atoms with Gasteiger partial charge in [-0.05, 0) is 43.7 Å². The molecule has 2 rings (SSSR count). The second-order valence-electron chi connectivity index (χ2n) is 5.17. The van der Waals surface area contributed by atoms with Crippen LogP contribution in [0.1, 0.15) is 36.8 Å². The van der Waals surface area contributed by atoms with Crippen molar-refractivity contribution in [2.75, 3.05) is 0 Å². The quantitative estimate of drug-likeness (QED) is 0.800. The fourth-order valence-electron chi connectivity index (χ4n) is 2.52. The van der Waals surface area contributed by atoms with Gasteiger partial charge in [0.25, 0.3) is 0 Å². The Morgan fingerprint density at radius 2 is 1.94 bits per heavy atom. The smallest absolute Gasteiger partial charge is 0.0689 e. The molecule has 1 saturated carbocycles. The molecule has 16 heavy (non-hydrogen) atoms. The maximum atomic E-state index is 10.5. The summed E-state index contributed by atoms with van der Waals surface area (Å²) in [5.74, 6) is 0. The first-order valence-electron chi connectivity index (χ1n) is 6.12. The number of benzene rings is 1. The zero-order valence-electron chi connectivity index (χ0n) is 9.95. The van der Waals surface area contributed by atoms with Gasteiger partial charge in [0.05, 0.1) is 5.60 Å². The first-order valence-corrected chi connectivity index (χ1v) is 6.12. The molecule has 0 spiro atoms. The fraction of sp³-hybridized carbons (Fsp3) is 0.571. The van der Waals surface area contributed by atoms with E-state index in [2.05, 4.69) is 19.1 Å². The Hall–Kier alpha value is -0.860. The normalized spacial score (nSPS) is 30.3. The first-order chi connectivity index (χ1) is 7.59. The van der Waals surface area contributed by atoms with E-state index >= 15 is 0 Å². The van der Waals surface area contributed by atoms with E-state index in [1.165, 1.54) is 11.1 Å². The van der Waals surface area contributed by atoms with Crippen molar-refractivity contribution in [3.05, 3.63) is 35.4 Å². The largest absolute Gasteiger partial charge is 0.390 e. The predicted molar refractivity (Wildman–Crippen MR) is 66.3 cm³/mol. The van der Waals surface area contributed by atoms with Crippen molar-refractivity contribution in [2.24, 2.45) is 5.73 Å². The SMILES string of the molecule is Cc1ccccc1CC1(O)CCC(N)CC1. The monoisotopic (exact) mass is 219 g/mol. The van der Waals surface area contributed by atoms with Crippen LogP contribution in [0.15, 0.2) is 24.3 Å². The molecule has 1 fully saturated rings. The maximum Gasteiger partial charge on any atom is 0.0689 e. The molecule has 1 aliphatic carbocycles. The molecule has 2 nitrogen and oxygen atoms in total. The van der Waals surface area contributed by atoms with Crippen molar-refractivity contribution < 1.29 is 5.11 Å². The Kier molecular flexibility index (Phi) is 3.31. The topological polar surface area (TPSA) is 46.2 Å². The maximum absolute atomic E-state index is 10.5. The van der Waals surface area contributed by atoms with Gasteiger partial charge in [0, 0.05) is 12.5 Å². The number of hydrogen-bond donors (Lipinski definition) is 2. The van der Waals surface area contributed by atoms with Gasteiger partial charge in [0.1, 0.15) is 0 Å². The summed E-state index contributed by atoms with van der Waals surface area (Å²) < 4.78 is 0. The highest BCUT2D eigenvalue weighted by atomic mass is 16.3. The number of rotatable bonds is 2. The van der Waals surface area contributed by atoms with E-state index in [-0.39, 0.29) is 6.04 Å². The molecule has 1 aliphatic rings. The Morgan fingerprint density at radius 1 is 1.31 bits per heavy atom. The first kappa shape index (κ1) is 11.6. The fourth-order valence-corrected chi connectivity index (χ4v) is 2.52. The molecule has 0 aromatic heterocycles. The van der Waals surface area contributed by atoms with E-state index in [4.69, 9.17) is 5.73 Å². The number of aliphatic hydroxyl groups is 1. The van der Waals surface area contributed by atoms with E-state index in [0.29, 0.717) is 0 Å². The Balaban J connectivity index is 2.07. The molecule has 0 unspecified atom stereocenters. The van der Waals surface area contributed by atoms with E-state index in [9.17, 15) is 5.11 Å². The van der Waals surface area contributed by atoms with Gasteiger partial charge in [-0.25, -0.2) is 0 Å². The molecule has 0 bridgehead atoms. The van der Waals surface area contributed by atoms with Crippen LogP contribution in [-0.4, -0.2) is 16.7 Å². The molecule has 0 heterocycles. The van der Waals surface area contributed by atoms with Crippen LogP contribution in [0.4, 0.5) is 0 Å². The molecule has 0 radical (unpaired) electrons. The van der Waals surface area contributed by atoms with Crippen LogP contribution >= 0.6 is 0 Å². The minimum atomic E-state index is -0.526. The van der Waals surface area contributed by atoms with Gasteiger partial charge in [-0.3, -0.25) is 0 Å². The second kappa shape index (κ2) is 4.56. The van der Waals surface area contributed by atoms with Crippen LogP contribution in [0.25, 0.3) is 0 Å². The second-order valence-corrected chi connectivity index (χ2v) is 5.17. The summed E-state index contributed by atoms with van der Waals surface area (Å²) >= 11 is 0. The van der Waals surface area contributed by atoms with Gasteiger partial charge in [-0.1, -0.05) is 24.3 Å². The molecule has 0 atom stereocenters. The lowest BCUT2D eigenvalue weighted by molar-refractivity contribution is 0.0000923. The molecule has 2 heteroatoms. The molecule has 1 aromatic carbocycles. The molecule has 0 aliphatic heterocycles. The minimum absolute atomic E-state index is 0.289. The average Bonchev–Trinajstić information content (AvgIpc) is 2.27. The van der Waals surface area contributed by atoms with Gasteiger partial charge in [-0.2, -0.15) is 0 Å². The standard InChI is InChI=1S/C14H21NO/c1-11-4-2-3-5-12(11)10-14(16)8-6-13(15)7-9-14/h2-5,13,16H,6-10,15H2,1H3. The summed E-state index contributed by atoms with van der Waals surface area (Å²) in [5.41, 5.74) is 7.88. The highest BCUT2D eigenvalue weighted by Crippen LogP contribution is 2.31. The van der Waals surface area contributed by atoms with Crippen molar-refractivity contribution >= 4 is 0 Å². The number of aryl methyl sites for hydroxylation is 1. The number of hydrogen-bond acceptors (Lipinski definition) is 2. The van der Waals surface area contributed by atoms with Crippen molar-refractivity contribution in [2.45, 2.75) is 50.7 Å². The Labute approximate surface area is 97.5 Å². The molecule has 1 aromatic rings. The summed E-state index contributed by atoms with van der Waals surface area (Å²) in [6, 6.07) is 8.59. The third-order valence-electron chi connectivity index (χ3n) is 3.74. The van der Waals surface area contributed by atoms with Crippen LogP contribution < -0.4 is 5.73 Å². The molecular formula is C14H21NO. The van der Waals surface area contributed by atoms with Crippen LogP contribution in [0.5, 0.6) is 0 Å². The molecule has 0 saturated heterocycles. The average molecular weight is 219 g/mol. The predicted octanol–water partition coefficient (Wildman–Crippen LogP) is 2.17. The van der Waals surface area contributed by atoms with Crippen molar-refractivity contribution in [1.82, 2.24) is 0 Å². The lowest BCUT2D eigenvalue weighted by Gasteiger charge is -2.35. The van der Waals surface area contributed by atoms with Gasteiger partial charge in [0.15, 0.2) is 0 Å².